The zero-order valence-corrected chi connectivity index (χ0v) is 14.3. The largest absolute Gasteiger partial charge is 0.368 e. The molecule has 1 heterocycles. The van der Waals surface area contributed by atoms with Crippen molar-refractivity contribution in [3.8, 4) is 0 Å². The summed E-state index contributed by atoms with van der Waals surface area (Å²) in [7, 11) is 0. The molecular formula is C19H27N3O2. The summed E-state index contributed by atoms with van der Waals surface area (Å²) in [6, 6.07) is 9.89. The molecule has 0 bridgehead atoms. The van der Waals surface area contributed by atoms with Gasteiger partial charge in [-0.05, 0) is 37.7 Å². The Bertz CT molecular complexity index is 590. The second kappa shape index (κ2) is 7.34. The summed E-state index contributed by atoms with van der Waals surface area (Å²) in [5.41, 5.74) is 6.68. The number of nitrogens with one attached hydrogen (secondary N) is 1. The minimum Gasteiger partial charge on any atom is -0.368 e. The molecule has 2 aliphatic rings. The summed E-state index contributed by atoms with van der Waals surface area (Å²) in [6.45, 7) is 2.23. The van der Waals surface area contributed by atoms with Crippen LogP contribution in [0, 0.1) is 5.92 Å². The van der Waals surface area contributed by atoms with Crippen molar-refractivity contribution in [3.63, 3.8) is 0 Å². The summed E-state index contributed by atoms with van der Waals surface area (Å²) >= 11 is 0. The van der Waals surface area contributed by atoms with Crippen LogP contribution in [0.15, 0.2) is 30.3 Å². The van der Waals surface area contributed by atoms with Gasteiger partial charge < -0.3 is 11.1 Å². The number of nitrogens with zero attached hydrogens (tertiary/aromatic N) is 1. The molecule has 1 saturated carbocycles. The van der Waals surface area contributed by atoms with Crippen molar-refractivity contribution in [2.45, 2.75) is 57.2 Å². The van der Waals surface area contributed by atoms with Crippen molar-refractivity contribution in [1.29, 1.82) is 0 Å². The summed E-state index contributed by atoms with van der Waals surface area (Å²) < 4.78 is 0. The van der Waals surface area contributed by atoms with Crippen molar-refractivity contribution < 1.29 is 9.59 Å². The van der Waals surface area contributed by atoms with E-state index in [2.05, 4.69) is 10.2 Å². The third-order valence-corrected chi connectivity index (χ3v) is 5.55. The molecule has 2 fully saturated rings. The molecule has 24 heavy (non-hydrogen) atoms. The molecular weight excluding hydrogens is 302 g/mol. The molecule has 5 heteroatoms. The predicted octanol–water partition coefficient (Wildman–Crippen LogP) is 1.98. The summed E-state index contributed by atoms with van der Waals surface area (Å²) in [6.07, 6.45) is 5.41. The number of hydrogen-bond donors (Lipinski definition) is 2. The lowest BCUT2D eigenvalue weighted by Crippen LogP contribution is -2.49. The molecule has 0 radical (unpaired) electrons. The first-order valence-corrected chi connectivity index (χ1v) is 8.95. The molecule has 3 N–H and O–H groups in total. The molecule has 1 aliphatic heterocycles. The van der Waals surface area contributed by atoms with Crippen molar-refractivity contribution in [2.75, 3.05) is 6.54 Å². The fraction of sp³-hybridized carbons (Fsp3) is 0.579. The van der Waals surface area contributed by atoms with Crippen LogP contribution in [0.1, 0.15) is 50.6 Å². The number of rotatable bonds is 5. The minimum absolute atomic E-state index is 0.0381. The van der Waals surface area contributed by atoms with E-state index >= 15 is 0 Å². The topological polar surface area (TPSA) is 75.4 Å². The molecule has 5 nitrogen and oxygen atoms in total. The van der Waals surface area contributed by atoms with Crippen LogP contribution >= 0.6 is 0 Å². The SMILES string of the molecule is CC(NC(=O)CN1C(C(N)=O)CC2CCCCC21)c1ccccc1. The number of carbonyl (C=O) groups excluding carboxylic acids is 2. The lowest BCUT2D eigenvalue weighted by molar-refractivity contribution is -0.127. The van der Waals surface area contributed by atoms with Gasteiger partial charge in [-0.25, -0.2) is 0 Å². The monoisotopic (exact) mass is 329 g/mol. The number of fused-ring (bicyclic) bond motifs is 1. The predicted molar refractivity (Wildman–Crippen MR) is 93.1 cm³/mol. The van der Waals surface area contributed by atoms with Gasteiger partial charge in [-0.3, -0.25) is 14.5 Å². The van der Waals surface area contributed by atoms with E-state index in [0.29, 0.717) is 12.0 Å². The Morgan fingerprint density at radius 3 is 2.67 bits per heavy atom. The Kier molecular flexibility index (Phi) is 5.19. The summed E-state index contributed by atoms with van der Waals surface area (Å²) in [5, 5.41) is 3.05. The van der Waals surface area contributed by atoms with Gasteiger partial charge in [0.1, 0.15) is 0 Å². The van der Waals surface area contributed by atoms with Crippen LogP contribution in [0.2, 0.25) is 0 Å². The zero-order chi connectivity index (χ0) is 17.1. The maximum Gasteiger partial charge on any atom is 0.234 e. The third kappa shape index (κ3) is 3.61. The number of carbonyl (C=O) groups is 2. The van der Waals surface area contributed by atoms with Crippen LogP contribution in [0.3, 0.4) is 0 Å². The third-order valence-electron chi connectivity index (χ3n) is 5.55. The van der Waals surface area contributed by atoms with E-state index in [-0.39, 0.29) is 30.4 Å². The van der Waals surface area contributed by atoms with Crippen LogP contribution < -0.4 is 11.1 Å². The van der Waals surface area contributed by atoms with E-state index in [4.69, 9.17) is 5.73 Å². The smallest absolute Gasteiger partial charge is 0.234 e. The molecule has 4 unspecified atom stereocenters. The molecule has 4 atom stereocenters. The van der Waals surface area contributed by atoms with Crippen molar-refractivity contribution in [1.82, 2.24) is 10.2 Å². The number of amides is 2. The Hall–Kier alpha value is -1.88. The van der Waals surface area contributed by atoms with E-state index in [9.17, 15) is 9.59 Å². The van der Waals surface area contributed by atoms with Gasteiger partial charge in [0, 0.05) is 6.04 Å². The maximum absolute atomic E-state index is 12.5. The van der Waals surface area contributed by atoms with Gasteiger partial charge in [0.05, 0.1) is 18.6 Å². The highest BCUT2D eigenvalue weighted by Gasteiger charge is 2.44. The highest BCUT2D eigenvalue weighted by molar-refractivity contribution is 5.83. The number of likely N-dealkylation sites (tertiary alicyclic amines) is 1. The van der Waals surface area contributed by atoms with Gasteiger partial charge in [0.15, 0.2) is 0 Å². The first-order valence-electron chi connectivity index (χ1n) is 8.95. The van der Waals surface area contributed by atoms with Crippen LogP contribution in [-0.2, 0) is 9.59 Å². The molecule has 3 rings (SSSR count). The number of benzene rings is 1. The van der Waals surface area contributed by atoms with Crippen LogP contribution in [0.5, 0.6) is 0 Å². The fourth-order valence-corrected chi connectivity index (χ4v) is 4.34. The highest BCUT2D eigenvalue weighted by atomic mass is 16.2. The van der Waals surface area contributed by atoms with Gasteiger partial charge in [-0.15, -0.1) is 0 Å². The second-order valence-electron chi connectivity index (χ2n) is 7.14. The van der Waals surface area contributed by atoms with Gasteiger partial charge in [-0.1, -0.05) is 43.2 Å². The van der Waals surface area contributed by atoms with Crippen LogP contribution in [0.4, 0.5) is 0 Å². The highest BCUT2D eigenvalue weighted by Crippen LogP contribution is 2.39. The van der Waals surface area contributed by atoms with Crippen molar-refractivity contribution >= 4 is 11.8 Å². The maximum atomic E-state index is 12.5. The lowest BCUT2D eigenvalue weighted by atomic mass is 9.84. The van der Waals surface area contributed by atoms with Crippen molar-refractivity contribution in [2.24, 2.45) is 11.7 Å². The summed E-state index contributed by atoms with van der Waals surface area (Å²) in [5.74, 6) is 0.174. The van der Waals surface area contributed by atoms with Crippen molar-refractivity contribution in [3.05, 3.63) is 35.9 Å². The zero-order valence-electron chi connectivity index (χ0n) is 14.3. The Balaban J connectivity index is 1.64. The normalized spacial score (nSPS) is 28.1. The Labute approximate surface area is 143 Å². The number of hydrogen-bond acceptors (Lipinski definition) is 3. The van der Waals surface area contributed by atoms with Gasteiger partial charge in [0.2, 0.25) is 11.8 Å². The van der Waals surface area contributed by atoms with E-state index in [0.717, 1.165) is 24.8 Å². The second-order valence-corrected chi connectivity index (χ2v) is 7.14. The van der Waals surface area contributed by atoms with E-state index in [1.54, 1.807) is 0 Å². The number of primary amides is 1. The average molecular weight is 329 g/mol. The quantitative estimate of drug-likeness (QED) is 0.867. The standard InChI is InChI=1S/C19H27N3O2/c1-13(14-7-3-2-4-8-14)21-18(23)12-22-16-10-6-5-9-15(16)11-17(22)19(20)24/h2-4,7-8,13,15-17H,5-6,9-12H2,1H3,(H2,20,24)(H,21,23). The summed E-state index contributed by atoms with van der Waals surface area (Å²) in [4.78, 5) is 26.4. The molecule has 1 aromatic carbocycles. The fourth-order valence-electron chi connectivity index (χ4n) is 4.34. The van der Waals surface area contributed by atoms with Crippen LogP contribution in [-0.4, -0.2) is 35.3 Å². The molecule has 1 saturated heterocycles. The van der Waals surface area contributed by atoms with Gasteiger partial charge in [0.25, 0.3) is 0 Å². The molecule has 0 aromatic heterocycles. The molecule has 2 amide bonds. The first kappa shape index (κ1) is 17.0. The molecule has 130 valence electrons. The Morgan fingerprint density at radius 1 is 1.25 bits per heavy atom. The van der Waals surface area contributed by atoms with E-state index < -0.39 is 0 Å². The minimum atomic E-state index is -0.298. The van der Waals surface area contributed by atoms with Gasteiger partial charge >= 0.3 is 0 Å². The number of nitrogens with two attached hydrogens (primary N) is 1. The lowest BCUT2D eigenvalue weighted by Gasteiger charge is -2.33. The molecule has 1 aromatic rings. The van der Waals surface area contributed by atoms with Crippen LogP contribution in [0.25, 0.3) is 0 Å². The molecule has 1 aliphatic carbocycles. The molecule has 0 spiro atoms. The van der Waals surface area contributed by atoms with E-state index in [1.807, 2.05) is 37.3 Å². The Morgan fingerprint density at radius 2 is 1.96 bits per heavy atom. The first-order chi connectivity index (χ1) is 11.6. The average Bonchev–Trinajstić information content (AvgIpc) is 2.94. The van der Waals surface area contributed by atoms with E-state index in [1.165, 1.54) is 12.8 Å². The van der Waals surface area contributed by atoms with Gasteiger partial charge in [-0.2, -0.15) is 0 Å².